The maximum absolute atomic E-state index is 13.9. The monoisotopic (exact) mass is 607 g/mol. The summed E-state index contributed by atoms with van der Waals surface area (Å²) in [6.45, 7) is 1.18. The van der Waals surface area contributed by atoms with Gasteiger partial charge in [-0.2, -0.15) is 0 Å². The first kappa shape index (κ1) is 30.8. The van der Waals surface area contributed by atoms with Crippen molar-refractivity contribution in [2.45, 2.75) is 74.6 Å². The lowest BCUT2D eigenvalue weighted by molar-refractivity contribution is -0.141. The first-order chi connectivity index (χ1) is 20.8. The number of carbonyl (C=O) groups excluding carboxylic acids is 2. The van der Waals surface area contributed by atoms with Crippen molar-refractivity contribution in [3.05, 3.63) is 101 Å². The van der Waals surface area contributed by atoms with Crippen molar-refractivity contribution in [1.29, 1.82) is 0 Å². The van der Waals surface area contributed by atoms with Gasteiger partial charge in [0.05, 0.1) is 11.0 Å². The second-order valence-electron chi connectivity index (χ2n) is 11.3. The number of amides is 2. The molecule has 2 atom stereocenters. The van der Waals surface area contributed by atoms with E-state index < -0.39 is 16.1 Å². The smallest absolute Gasteiger partial charge is 0.243 e. The molecule has 2 aliphatic rings. The van der Waals surface area contributed by atoms with Crippen molar-refractivity contribution in [3.8, 4) is 0 Å². The van der Waals surface area contributed by atoms with Gasteiger partial charge in [0.1, 0.15) is 11.9 Å². The summed E-state index contributed by atoms with van der Waals surface area (Å²) in [6, 6.07) is 21.2. The van der Waals surface area contributed by atoms with Crippen LogP contribution in [-0.2, 0) is 43.7 Å². The minimum Gasteiger partial charge on any atom is -0.376 e. The van der Waals surface area contributed by atoms with Gasteiger partial charge in [-0.15, -0.1) is 0 Å². The van der Waals surface area contributed by atoms with E-state index in [1.165, 1.54) is 12.1 Å². The van der Waals surface area contributed by atoms with Crippen LogP contribution in [0.3, 0.4) is 0 Å². The zero-order valence-corrected chi connectivity index (χ0v) is 24.9. The maximum atomic E-state index is 13.9. The quantitative estimate of drug-likeness (QED) is 0.287. The molecule has 0 aromatic heterocycles. The molecule has 1 heterocycles. The first-order valence-electron chi connectivity index (χ1n) is 14.9. The fraction of sp³-hybridized carbons (Fsp3) is 0.394. The van der Waals surface area contributed by atoms with Crippen molar-refractivity contribution in [2.24, 2.45) is 0 Å². The molecule has 8 nitrogen and oxygen atoms in total. The lowest BCUT2D eigenvalue weighted by atomic mass is 10.0. The molecule has 1 saturated carbocycles. The Hall–Kier alpha value is -3.60. The Labute approximate surface area is 252 Å². The number of rotatable bonds is 14. The van der Waals surface area contributed by atoms with Gasteiger partial charge in [0.25, 0.3) is 0 Å². The number of hydrogen-bond acceptors (Lipinski definition) is 5. The second-order valence-corrected chi connectivity index (χ2v) is 13.0. The minimum atomic E-state index is -3.56. The summed E-state index contributed by atoms with van der Waals surface area (Å²) in [4.78, 5) is 29.3. The predicted molar refractivity (Wildman–Crippen MR) is 161 cm³/mol. The number of ether oxygens (including phenoxy) is 1. The molecule has 1 aliphatic carbocycles. The highest BCUT2D eigenvalue weighted by Crippen LogP contribution is 2.23. The van der Waals surface area contributed by atoms with E-state index in [2.05, 4.69) is 10.0 Å². The molecule has 0 unspecified atom stereocenters. The lowest BCUT2D eigenvalue weighted by Crippen LogP contribution is -2.51. The molecular formula is C33H38FN3O5S. The minimum absolute atomic E-state index is 0.0149. The third-order valence-electron chi connectivity index (χ3n) is 7.83. The molecule has 5 rings (SSSR count). The Bertz CT molecular complexity index is 1470. The molecule has 1 aliphatic heterocycles. The molecule has 0 bridgehead atoms. The van der Waals surface area contributed by atoms with E-state index >= 15 is 0 Å². The van der Waals surface area contributed by atoms with Crippen molar-refractivity contribution in [2.75, 3.05) is 13.2 Å². The summed E-state index contributed by atoms with van der Waals surface area (Å²) in [6.07, 6.45) is 4.27. The Morgan fingerprint density at radius 1 is 0.907 bits per heavy atom. The van der Waals surface area contributed by atoms with Gasteiger partial charge in [0, 0.05) is 38.6 Å². The maximum Gasteiger partial charge on any atom is 0.243 e. The number of carbonyl (C=O) groups is 2. The van der Waals surface area contributed by atoms with Crippen LogP contribution in [0.1, 0.15) is 48.8 Å². The van der Waals surface area contributed by atoms with Gasteiger partial charge in [0.2, 0.25) is 21.8 Å². The zero-order valence-electron chi connectivity index (χ0n) is 24.1. The van der Waals surface area contributed by atoms with Gasteiger partial charge in [-0.05, 0) is 73.1 Å². The van der Waals surface area contributed by atoms with E-state index in [1.807, 2.05) is 30.3 Å². The molecule has 1 saturated heterocycles. The number of nitrogens with one attached hydrogen (secondary N) is 2. The molecule has 228 valence electrons. The molecule has 2 fully saturated rings. The zero-order chi connectivity index (χ0) is 30.2. The van der Waals surface area contributed by atoms with Crippen molar-refractivity contribution in [3.63, 3.8) is 0 Å². The number of benzene rings is 3. The number of nitrogens with zero attached hydrogens (tertiary/aromatic N) is 1. The van der Waals surface area contributed by atoms with E-state index in [0.717, 1.165) is 36.8 Å². The number of sulfonamides is 1. The summed E-state index contributed by atoms with van der Waals surface area (Å²) < 4.78 is 47.1. The van der Waals surface area contributed by atoms with Crippen LogP contribution < -0.4 is 10.0 Å². The first-order valence-corrected chi connectivity index (χ1v) is 16.3. The largest absolute Gasteiger partial charge is 0.376 e. The standard InChI is InChI=1S/C33H38FN3O5S/c34-27-13-8-26(9-14-27)23-37(31(21-25-5-2-1-3-6-25)33(39)35-22-29-7-4-20-42-29)32(38)19-12-24-10-17-30(18-11-24)43(40,41)36-28-15-16-28/h1-3,5-6,8-11,13-14,17-18,28-29,31,36H,4,7,12,15-16,19-23H2,(H,35,39)/t29-,31+/m1/s1. The summed E-state index contributed by atoms with van der Waals surface area (Å²) in [7, 11) is -3.56. The average Bonchev–Trinajstić information content (AvgIpc) is 3.66. The molecule has 0 spiro atoms. The van der Waals surface area contributed by atoms with Crippen LogP contribution in [-0.4, -0.2) is 56.5 Å². The summed E-state index contributed by atoms with van der Waals surface area (Å²) in [5.41, 5.74) is 2.42. The van der Waals surface area contributed by atoms with Crippen LogP contribution >= 0.6 is 0 Å². The molecule has 3 aromatic rings. The van der Waals surface area contributed by atoms with Crippen LogP contribution in [0.15, 0.2) is 83.8 Å². The lowest BCUT2D eigenvalue weighted by Gasteiger charge is -2.32. The van der Waals surface area contributed by atoms with E-state index in [0.29, 0.717) is 31.6 Å². The van der Waals surface area contributed by atoms with Gasteiger partial charge in [-0.1, -0.05) is 54.6 Å². The average molecular weight is 608 g/mol. The third-order valence-corrected chi connectivity index (χ3v) is 9.36. The Morgan fingerprint density at radius 3 is 2.26 bits per heavy atom. The van der Waals surface area contributed by atoms with Crippen LogP contribution in [0.2, 0.25) is 0 Å². The van der Waals surface area contributed by atoms with Gasteiger partial charge in [-0.25, -0.2) is 17.5 Å². The fourth-order valence-electron chi connectivity index (χ4n) is 5.20. The third kappa shape index (κ3) is 8.95. The van der Waals surface area contributed by atoms with Crippen LogP contribution in [0.5, 0.6) is 0 Å². The van der Waals surface area contributed by atoms with Crippen LogP contribution in [0, 0.1) is 5.82 Å². The Balaban J connectivity index is 1.34. The number of halogens is 1. The van der Waals surface area contributed by atoms with Gasteiger partial charge < -0.3 is 15.0 Å². The number of aryl methyl sites for hydroxylation is 1. The Kier molecular flexibility index (Phi) is 10.2. The van der Waals surface area contributed by atoms with Crippen molar-refractivity contribution in [1.82, 2.24) is 14.9 Å². The van der Waals surface area contributed by atoms with Crippen LogP contribution in [0.25, 0.3) is 0 Å². The summed E-state index contributed by atoms with van der Waals surface area (Å²) in [5, 5.41) is 3.01. The van der Waals surface area contributed by atoms with Gasteiger partial charge in [-0.3, -0.25) is 9.59 Å². The fourth-order valence-corrected chi connectivity index (χ4v) is 6.50. The highest BCUT2D eigenvalue weighted by Gasteiger charge is 2.31. The summed E-state index contributed by atoms with van der Waals surface area (Å²) in [5.74, 6) is -0.883. The molecular weight excluding hydrogens is 569 g/mol. The van der Waals surface area contributed by atoms with Crippen LogP contribution in [0.4, 0.5) is 4.39 Å². The highest BCUT2D eigenvalue weighted by atomic mass is 32.2. The topological polar surface area (TPSA) is 105 Å². The highest BCUT2D eigenvalue weighted by molar-refractivity contribution is 7.89. The van der Waals surface area contributed by atoms with E-state index in [9.17, 15) is 22.4 Å². The van der Waals surface area contributed by atoms with E-state index in [1.54, 1.807) is 41.3 Å². The summed E-state index contributed by atoms with van der Waals surface area (Å²) >= 11 is 0. The molecule has 2 N–H and O–H groups in total. The Morgan fingerprint density at radius 2 is 1.60 bits per heavy atom. The molecule has 10 heteroatoms. The molecule has 43 heavy (non-hydrogen) atoms. The predicted octanol–water partition coefficient (Wildman–Crippen LogP) is 4.13. The van der Waals surface area contributed by atoms with Gasteiger partial charge in [0.15, 0.2) is 0 Å². The van der Waals surface area contributed by atoms with E-state index in [-0.39, 0.29) is 47.6 Å². The normalized spacial score (nSPS) is 17.4. The second kappa shape index (κ2) is 14.2. The van der Waals surface area contributed by atoms with Crippen molar-refractivity contribution < 1.29 is 27.1 Å². The SMILES string of the molecule is O=C(NC[C@H]1CCCO1)[C@H](Cc1ccccc1)N(Cc1ccc(F)cc1)C(=O)CCc1ccc(S(=O)(=O)NC2CC2)cc1. The van der Waals surface area contributed by atoms with Crippen molar-refractivity contribution >= 4 is 21.8 Å². The molecule has 0 radical (unpaired) electrons. The van der Waals surface area contributed by atoms with E-state index in [4.69, 9.17) is 4.74 Å². The number of hydrogen-bond donors (Lipinski definition) is 2. The molecule has 3 aromatic carbocycles. The van der Waals surface area contributed by atoms with Gasteiger partial charge >= 0.3 is 0 Å². The molecule has 2 amide bonds.